The second-order valence-electron chi connectivity index (χ2n) is 3.49. The number of benzene rings is 1. The molecule has 1 aromatic heterocycles. The van der Waals surface area contributed by atoms with E-state index in [9.17, 15) is 0 Å². The predicted molar refractivity (Wildman–Crippen MR) is 63.9 cm³/mol. The van der Waals surface area contributed by atoms with E-state index in [0.717, 1.165) is 34.6 Å². The van der Waals surface area contributed by atoms with Gasteiger partial charge in [-0.1, -0.05) is 13.0 Å². The standard InChI is InChI=1S/C11H14N2OS/c1-3-7-14-9-6-4-5-8-10(9)12-11(15)13(8)2/h4-6H,3,7H2,1-2H3,(H,12,15). The Morgan fingerprint density at radius 3 is 3.00 bits per heavy atom. The van der Waals surface area contributed by atoms with Crippen LogP contribution >= 0.6 is 12.2 Å². The number of fused-ring (bicyclic) bond motifs is 1. The SMILES string of the molecule is CCCOc1cccc2c1[nH]c(=S)n2C. The Bertz CT molecular complexity index is 527. The number of aromatic amines is 1. The van der Waals surface area contributed by atoms with Crippen molar-refractivity contribution in [1.29, 1.82) is 0 Å². The number of aryl methyl sites for hydroxylation is 1. The second-order valence-corrected chi connectivity index (χ2v) is 3.87. The van der Waals surface area contributed by atoms with Gasteiger partial charge in [0.2, 0.25) is 0 Å². The smallest absolute Gasteiger partial charge is 0.177 e. The zero-order valence-corrected chi connectivity index (χ0v) is 9.73. The van der Waals surface area contributed by atoms with Gasteiger partial charge in [-0.15, -0.1) is 0 Å². The highest BCUT2D eigenvalue weighted by Crippen LogP contribution is 2.24. The monoisotopic (exact) mass is 222 g/mol. The first-order valence-corrected chi connectivity index (χ1v) is 5.45. The van der Waals surface area contributed by atoms with E-state index in [1.165, 1.54) is 0 Å². The van der Waals surface area contributed by atoms with Gasteiger partial charge in [0.05, 0.1) is 12.1 Å². The zero-order valence-electron chi connectivity index (χ0n) is 8.91. The molecule has 80 valence electrons. The molecule has 4 heteroatoms. The molecular formula is C11H14N2OS. The highest BCUT2D eigenvalue weighted by Gasteiger charge is 2.05. The highest BCUT2D eigenvalue weighted by atomic mass is 32.1. The van der Waals surface area contributed by atoms with Crippen LogP contribution in [0.15, 0.2) is 18.2 Å². The average molecular weight is 222 g/mol. The molecule has 0 aliphatic heterocycles. The Morgan fingerprint density at radius 2 is 2.27 bits per heavy atom. The lowest BCUT2D eigenvalue weighted by Crippen LogP contribution is -1.95. The molecule has 3 nitrogen and oxygen atoms in total. The van der Waals surface area contributed by atoms with E-state index >= 15 is 0 Å². The van der Waals surface area contributed by atoms with E-state index in [1.54, 1.807) is 0 Å². The van der Waals surface area contributed by atoms with E-state index in [-0.39, 0.29) is 0 Å². The number of H-pyrrole nitrogens is 1. The number of nitrogens with one attached hydrogen (secondary N) is 1. The number of hydrogen-bond acceptors (Lipinski definition) is 2. The summed E-state index contributed by atoms with van der Waals surface area (Å²) in [4.78, 5) is 3.16. The third-order valence-electron chi connectivity index (χ3n) is 2.36. The molecule has 0 spiro atoms. The summed E-state index contributed by atoms with van der Waals surface area (Å²) in [6.45, 7) is 2.82. The summed E-state index contributed by atoms with van der Waals surface area (Å²) in [5.41, 5.74) is 2.06. The first kappa shape index (κ1) is 10.2. The van der Waals surface area contributed by atoms with Crippen LogP contribution in [-0.4, -0.2) is 16.2 Å². The topological polar surface area (TPSA) is 29.9 Å². The maximum absolute atomic E-state index is 5.65. The van der Waals surface area contributed by atoms with Crippen molar-refractivity contribution in [2.75, 3.05) is 6.61 Å². The van der Waals surface area contributed by atoms with Crippen molar-refractivity contribution in [1.82, 2.24) is 9.55 Å². The molecule has 0 radical (unpaired) electrons. The number of aromatic nitrogens is 2. The fourth-order valence-corrected chi connectivity index (χ4v) is 1.76. The number of para-hydroxylation sites is 1. The number of rotatable bonds is 3. The number of hydrogen-bond donors (Lipinski definition) is 1. The van der Waals surface area contributed by atoms with E-state index < -0.39 is 0 Å². The average Bonchev–Trinajstić information content (AvgIpc) is 2.53. The van der Waals surface area contributed by atoms with Gasteiger partial charge in [0.1, 0.15) is 11.3 Å². The van der Waals surface area contributed by atoms with Crippen LogP contribution in [0.25, 0.3) is 11.0 Å². The summed E-state index contributed by atoms with van der Waals surface area (Å²) in [7, 11) is 1.95. The fourth-order valence-electron chi connectivity index (χ4n) is 1.56. The van der Waals surface area contributed by atoms with Crippen LogP contribution in [0.5, 0.6) is 5.75 Å². The van der Waals surface area contributed by atoms with E-state index in [1.807, 2.05) is 29.8 Å². The van der Waals surface area contributed by atoms with Gasteiger partial charge in [-0.2, -0.15) is 0 Å². The second kappa shape index (κ2) is 4.06. The molecule has 2 rings (SSSR count). The third kappa shape index (κ3) is 1.77. The molecule has 15 heavy (non-hydrogen) atoms. The largest absolute Gasteiger partial charge is 0.491 e. The fraction of sp³-hybridized carbons (Fsp3) is 0.364. The molecule has 0 aliphatic rings. The van der Waals surface area contributed by atoms with Gasteiger partial charge >= 0.3 is 0 Å². The van der Waals surface area contributed by atoms with Crippen molar-refractivity contribution < 1.29 is 4.74 Å². The lowest BCUT2D eigenvalue weighted by atomic mass is 10.3. The van der Waals surface area contributed by atoms with Crippen molar-refractivity contribution in [3.8, 4) is 5.75 Å². The Hall–Kier alpha value is -1.29. The van der Waals surface area contributed by atoms with Gasteiger partial charge in [-0.05, 0) is 30.8 Å². The van der Waals surface area contributed by atoms with Crippen LogP contribution in [0.1, 0.15) is 13.3 Å². The van der Waals surface area contributed by atoms with Gasteiger partial charge in [0.25, 0.3) is 0 Å². The van der Waals surface area contributed by atoms with Gasteiger partial charge in [0, 0.05) is 7.05 Å². The van der Waals surface area contributed by atoms with Gasteiger partial charge < -0.3 is 14.3 Å². The molecule has 0 saturated carbocycles. The van der Waals surface area contributed by atoms with Crippen LogP contribution in [0, 0.1) is 4.77 Å². The molecule has 1 heterocycles. The molecular weight excluding hydrogens is 208 g/mol. The molecule has 2 aromatic rings. The Labute approximate surface area is 93.7 Å². The van der Waals surface area contributed by atoms with Gasteiger partial charge in [-0.3, -0.25) is 0 Å². The van der Waals surface area contributed by atoms with Crippen LogP contribution < -0.4 is 4.74 Å². The number of ether oxygens (including phenoxy) is 1. The normalized spacial score (nSPS) is 10.8. The van der Waals surface area contributed by atoms with Crippen LogP contribution in [0.4, 0.5) is 0 Å². The van der Waals surface area contributed by atoms with Crippen LogP contribution in [0.2, 0.25) is 0 Å². The third-order valence-corrected chi connectivity index (χ3v) is 2.74. The van der Waals surface area contributed by atoms with Crippen molar-refractivity contribution in [2.24, 2.45) is 7.05 Å². The molecule has 1 N–H and O–H groups in total. The van der Waals surface area contributed by atoms with E-state index in [0.29, 0.717) is 0 Å². The quantitative estimate of drug-likeness (QED) is 0.809. The summed E-state index contributed by atoms with van der Waals surface area (Å²) in [6.07, 6.45) is 1.00. The van der Waals surface area contributed by atoms with Crippen LogP contribution in [0.3, 0.4) is 0 Å². The molecule has 0 aliphatic carbocycles. The summed E-state index contributed by atoms with van der Waals surface area (Å²) in [5.74, 6) is 0.876. The van der Waals surface area contributed by atoms with Gasteiger partial charge in [-0.25, -0.2) is 0 Å². The summed E-state index contributed by atoms with van der Waals surface area (Å²) < 4.78 is 8.31. The molecule has 0 fully saturated rings. The van der Waals surface area contributed by atoms with Crippen molar-refractivity contribution >= 4 is 23.3 Å². The molecule has 0 unspecified atom stereocenters. The zero-order chi connectivity index (χ0) is 10.8. The summed E-state index contributed by atoms with van der Waals surface area (Å²) in [5, 5.41) is 0. The minimum absolute atomic E-state index is 0.720. The number of imidazole rings is 1. The number of nitrogens with zero attached hydrogens (tertiary/aromatic N) is 1. The Kier molecular flexibility index (Phi) is 2.77. The molecule has 0 atom stereocenters. The minimum atomic E-state index is 0.720. The molecule has 0 saturated heterocycles. The molecule has 0 bridgehead atoms. The first-order chi connectivity index (χ1) is 7.24. The van der Waals surface area contributed by atoms with Crippen LogP contribution in [-0.2, 0) is 7.05 Å². The van der Waals surface area contributed by atoms with Crippen molar-refractivity contribution in [2.45, 2.75) is 13.3 Å². The predicted octanol–water partition coefficient (Wildman–Crippen LogP) is 3.02. The molecule has 0 amide bonds. The summed E-state index contributed by atoms with van der Waals surface area (Å²) >= 11 is 5.18. The highest BCUT2D eigenvalue weighted by molar-refractivity contribution is 7.71. The lowest BCUT2D eigenvalue weighted by Gasteiger charge is -2.05. The van der Waals surface area contributed by atoms with E-state index in [4.69, 9.17) is 17.0 Å². The summed E-state index contributed by atoms with van der Waals surface area (Å²) in [6, 6.07) is 5.97. The van der Waals surface area contributed by atoms with E-state index in [2.05, 4.69) is 11.9 Å². The lowest BCUT2D eigenvalue weighted by molar-refractivity contribution is 0.320. The van der Waals surface area contributed by atoms with Gasteiger partial charge in [0.15, 0.2) is 4.77 Å². The van der Waals surface area contributed by atoms with Crippen molar-refractivity contribution in [3.05, 3.63) is 23.0 Å². The maximum atomic E-state index is 5.65. The Morgan fingerprint density at radius 1 is 1.47 bits per heavy atom. The Balaban J connectivity index is 2.56. The first-order valence-electron chi connectivity index (χ1n) is 5.04. The maximum Gasteiger partial charge on any atom is 0.177 e. The molecule has 1 aromatic carbocycles. The van der Waals surface area contributed by atoms with Crippen molar-refractivity contribution in [3.63, 3.8) is 0 Å². The minimum Gasteiger partial charge on any atom is -0.491 e.